The van der Waals surface area contributed by atoms with Gasteiger partial charge >= 0.3 is 0 Å². The summed E-state index contributed by atoms with van der Waals surface area (Å²) in [7, 11) is 0. The third-order valence-corrected chi connectivity index (χ3v) is 5.61. The first kappa shape index (κ1) is 16.9. The molecule has 1 amide bonds. The van der Waals surface area contributed by atoms with Gasteiger partial charge in [0.25, 0.3) is 5.91 Å². The first-order chi connectivity index (χ1) is 12.7. The van der Waals surface area contributed by atoms with Gasteiger partial charge in [0.2, 0.25) is 0 Å². The van der Waals surface area contributed by atoms with E-state index in [2.05, 4.69) is 0 Å². The van der Waals surface area contributed by atoms with Crippen molar-refractivity contribution in [3.63, 3.8) is 0 Å². The molecule has 1 aliphatic heterocycles. The van der Waals surface area contributed by atoms with E-state index < -0.39 is 0 Å². The van der Waals surface area contributed by atoms with Crippen molar-refractivity contribution in [3.05, 3.63) is 64.2 Å². The molecule has 2 aromatic rings. The number of nitriles is 1. The van der Waals surface area contributed by atoms with Crippen molar-refractivity contribution >= 4 is 17.5 Å². The average Bonchev–Trinajstić information content (AvgIpc) is 3.00. The summed E-state index contributed by atoms with van der Waals surface area (Å²) in [6.07, 6.45) is 3.81. The molecule has 0 radical (unpaired) electrons. The van der Waals surface area contributed by atoms with Gasteiger partial charge in [-0.15, -0.1) is 0 Å². The molecular weight excluding hydrogens is 348 g/mol. The van der Waals surface area contributed by atoms with Crippen LogP contribution in [0.2, 0.25) is 5.02 Å². The van der Waals surface area contributed by atoms with Gasteiger partial charge in [-0.3, -0.25) is 4.79 Å². The zero-order chi connectivity index (χ0) is 18.1. The maximum Gasteiger partial charge on any atom is 0.254 e. The van der Waals surface area contributed by atoms with Crippen LogP contribution >= 0.6 is 11.6 Å². The van der Waals surface area contributed by atoms with E-state index in [4.69, 9.17) is 21.6 Å². The van der Waals surface area contributed by atoms with Crippen LogP contribution in [0, 0.1) is 11.3 Å². The van der Waals surface area contributed by atoms with Crippen LogP contribution in [0.1, 0.15) is 47.2 Å². The lowest BCUT2D eigenvalue weighted by Gasteiger charge is -2.34. The first-order valence-corrected chi connectivity index (χ1v) is 9.28. The smallest absolute Gasteiger partial charge is 0.254 e. The minimum absolute atomic E-state index is 0.121. The van der Waals surface area contributed by atoms with E-state index in [1.165, 1.54) is 0 Å². The summed E-state index contributed by atoms with van der Waals surface area (Å²) in [6.45, 7) is 0.719. The number of hydrogen-bond acceptors (Lipinski definition) is 3. The molecule has 26 heavy (non-hydrogen) atoms. The van der Waals surface area contributed by atoms with Gasteiger partial charge < -0.3 is 9.64 Å². The molecule has 0 spiro atoms. The summed E-state index contributed by atoms with van der Waals surface area (Å²) in [5, 5.41) is 9.36. The molecular formula is C21H19ClN2O2. The van der Waals surface area contributed by atoms with Gasteiger partial charge in [0.1, 0.15) is 11.8 Å². The third kappa shape index (κ3) is 3.15. The van der Waals surface area contributed by atoms with Gasteiger partial charge in [0.15, 0.2) is 0 Å². The van der Waals surface area contributed by atoms with Crippen molar-refractivity contribution in [2.45, 2.75) is 44.4 Å². The Hall–Kier alpha value is -2.51. The minimum atomic E-state index is 0.121. The monoisotopic (exact) mass is 366 g/mol. The molecule has 0 atom stereocenters. The lowest BCUT2D eigenvalue weighted by atomic mass is 9.92. The number of nitrogens with zero attached hydrogens (tertiary/aromatic N) is 2. The van der Waals surface area contributed by atoms with E-state index in [1.54, 1.807) is 18.2 Å². The number of amides is 1. The molecule has 4 nitrogen and oxygen atoms in total. The largest absolute Gasteiger partial charge is 0.490 e. The number of fused-ring (bicyclic) bond motifs is 1. The molecule has 1 heterocycles. The van der Waals surface area contributed by atoms with Crippen molar-refractivity contribution in [2.24, 2.45) is 0 Å². The molecule has 0 unspecified atom stereocenters. The van der Waals surface area contributed by atoms with Gasteiger partial charge in [-0.05, 0) is 49.4 Å². The Morgan fingerprint density at radius 2 is 1.88 bits per heavy atom. The van der Waals surface area contributed by atoms with Crippen LogP contribution < -0.4 is 4.74 Å². The van der Waals surface area contributed by atoms with Gasteiger partial charge in [0, 0.05) is 24.2 Å². The van der Waals surface area contributed by atoms with Crippen molar-refractivity contribution in [2.75, 3.05) is 0 Å². The molecule has 4 rings (SSSR count). The average molecular weight is 367 g/mol. The SMILES string of the molecule is N#Cc1ccc(O[C@H]2CC[C@H](N3Cc4ccccc4C3=O)CC2)cc1Cl. The lowest BCUT2D eigenvalue weighted by Crippen LogP contribution is -2.40. The quantitative estimate of drug-likeness (QED) is 0.800. The molecule has 1 saturated carbocycles. The maximum absolute atomic E-state index is 12.6. The number of rotatable bonds is 3. The Morgan fingerprint density at radius 1 is 1.12 bits per heavy atom. The molecule has 0 aromatic heterocycles. The van der Waals surface area contributed by atoms with Crippen molar-refractivity contribution < 1.29 is 9.53 Å². The number of halogens is 1. The summed E-state index contributed by atoms with van der Waals surface area (Å²) < 4.78 is 6.04. The Labute approximate surface area is 157 Å². The van der Waals surface area contributed by atoms with E-state index in [1.807, 2.05) is 35.2 Å². The van der Waals surface area contributed by atoms with Crippen LogP contribution in [0.15, 0.2) is 42.5 Å². The fourth-order valence-electron chi connectivity index (χ4n) is 3.90. The predicted octanol–water partition coefficient (Wildman–Crippen LogP) is 4.56. The molecule has 0 saturated heterocycles. The minimum Gasteiger partial charge on any atom is -0.490 e. The fourth-order valence-corrected chi connectivity index (χ4v) is 4.11. The fraction of sp³-hybridized carbons (Fsp3) is 0.333. The summed E-state index contributed by atoms with van der Waals surface area (Å²) in [4.78, 5) is 14.6. The maximum atomic E-state index is 12.6. The molecule has 1 fully saturated rings. The predicted molar refractivity (Wildman–Crippen MR) is 99.2 cm³/mol. The normalized spacial score (nSPS) is 22.0. The highest BCUT2D eigenvalue weighted by Crippen LogP contribution is 2.33. The first-order valence-electron chi connectivity index (χ1n) is 8.91. The highest BCUT2D eigenvalue weighted by Gasteiger charge is 2.35. The molecule has 2 aromatic carbocycles. The molecule has 5 heteroatoms. The van der Waals surface area contributed by atoms with Crippen LogP contribution in [0.5, 0.6) is 5.75 Å². The number of ether oxygens (including phenoxy) is 1. The second-order valence-electron chi connectivity index (χ2n) is 6.89. The van der Waals surface area contributed by atoms with Crippen molar-refractivity contribution in [1.82, 2.24) is 4.90 Å². The molecule has 132 valence electrons. The standard InChI is InChI=1S/C21H19ClN2O2/c22-20-11-18(8-5-14(20)12-23)26-17-9-6-16(7-10-17)24-13-15-3-1-2-4-19(15)21(24)25/h1-5,8,11,16-17H,6-7,9-10,13H2/t16-,17-. The zero-order valence-electron chi connectivity index (χ0n) is 14.3. The van der Waals surface area contributed by atoms with Crippen LogP contribution in [0.3, 0.4) is 0 Å². The highest BCUT2D eigenvalue weighted by atomic mass is 35.5. The topological polar surface area (TPSA) is 53.3 Å². The van der Waals surface area contributed by atoms with Gasteiger partial charge in [-0.2, -0.15) is 5.26 Å². The van der Waals surface area contributed by atoms with E-state index in [-0.39, 0.29) is 18.1 Å². The molecule has 0 N–H and O–H groups in total. The van der Waals surface area contributed by atoms with Crippen LogP contribution in [-0.2, 0) is 6.54 Å². The van der Waals surface area contributed by atoms with E-state index >= 15 is 0 Å². The third-order valence-electron chi connectivity index (χ3n) is 5.30. The summed E-state index contributed by atoms with van der Waals surface area (Å²) in [5.74, 6) is 0.853. The van der Waals surface area contributed by atoms with Crippen molar-refractivity contribution in [1.29, 1.82) is 5.26 Å². The summed E-state index contributed by atoms with van der Waals surface area (Å²) in [6, 6.07) is 15.4. The molecule has 1 aliphatic carbocycles. The van der Waals surface area contributed by atoms with Crippen molar-refractivity contribution in [3.8, 4) is 11.8 Å². The molecule has 2 aliphatic rings. The van der Waals surface area contributed by atoms with E-state index in [9.17, 15) is 4.79 Å². The van der Waals surface area contributed by atoms with Crippen LogP contribution in [0.25, 0.3) is 0 Å². The van der Waals surface area contributed by atoms with E-state index in [0.717, 1.165) is 43.4 Å². The van der Waals surface area contributed by atoms with Gasteiger partial charge in [-0.1, -0.05) is 29.8 Å². The summed E-state index contributed by atoms with van der Waals surface area (Å²) >= 11 is 6.07. The number of hydrogen-bond donors (Lipinski definition) is 0. The Kier molecular flexibility index (Phi) is 4.57. The molecule has 0 bridgehead atoms. The Bertz CT molecular complexity index is 882. The Balaban J connectivity index is 1.36. The van der Waals surface area contributed by atoms with Gasteiger partial charge in [-0.25, -0.2) is 0 Å². The second-order valence-corrected chi connectivity index (χ2v) is 7.30. The second kappa shape index (κ2) is 7.01. The number of benzene rings is 2. The van der Waals surface area contributed by atoms with Crippen LogP contribution in [0.4, 0.5) is 0 Å². The summed E-state index contributed by atoms with van der Waals surface area (Å²) in [5.41, 5.74) is 2.43. The number of carbonyl (C=O) groups excluding carboxylic acids is 1. The van der Waals surface area contributed by atoms with E-state index in [0.29, 0.717) is 16.3 Å². The van der Waals surface area contributed by atoms with Gasteiger partial charge in [0.05, 0.1) is 16.7 Å². The zero-order valence-corrected chi connectivity index (χ0v) is 15.1. The Morgan fingerprint density at radius 3 is 2.58 bits per heavy atom. The number of carbonyl (C=O) groups is 1. The van der Waals surface area contributed by atoms with Crippen LogP contribution in [-0.4, -0.2) is 23.0 Å². The lowest BCUT2D eigenvalue weighted by molar-refractivity contribution is 0.0561. The highest BCUT2D eigenvalue weighted by molar-refractivity contribution is 6.31.